The summed E-state index contributed by atoms with van der Waals surface area (Å²) in [7, 11) is 1.66. The first kappa shape index (κ1) is 12.7. The normalized spacial score (nSPS) is 22.8. The molecular formula is C11H17N5O2. The molecule has 1 fully saturated rings. The van der Waals surface area contributed by atoms with Crippen molar-refractivity contribution >= 4 is 11.7 Å². The van der Waals surface area contributed by atoms with Crippen LogP contribution in [0.3, 0.4) is 0 Å². The number of aromatic nitrogens is 2. The molecule has 0 aliphatic heterocycles. The summed E-state index contributed by atoms with van der Waals surface area (Å²) in [5.41, 5.74) is 2.63. The van der Waals surface area contributed by atoms with Crippen molar-refractivity contribution < 1.29 is 9.53 Å². The number of hydrogen-bond donors (Lipinski definition) is 3. The molecule has 1 aromatic rings. The number of amides is 1. The number of nitrogens with one attached hydrogen (secondary N) is 2. The van der Waals surface area contributed by atoms with Crippen LogP contribution in [-0.2, 0) is 4.74 Å². The molecule has 2 atom stereocenters. The molecule has 7 nitrogen and oxygen atoms in total. The summed E-state index contributed by atoms with van der Waals surface area (Å²) in [4.78, 5) is 19.9. The highest BCUT2D eigenvalue weighted by Crippen LogP contribution is 2.21. The third-order valence-electron chi connectivity index (χ3n) is 3.10. The third-order valence-corrected chi connectivity index (χ3v) is 3.10. The topological polar surface area (TPSA) is 102 Å². The second-order valence-corrected chi connectivity index (χ2v) is 4.22. The molecule has 1 heterocycles. The smallest absolute Gasteiger partial charge is 0.271 e. The zero-order valence-electron chi connectivity index (χ0n) is 10.2. The molecule has 1 aliphatic rings. The highest BCUT2D eigenvalue weighted by molar-refractivity contribution is 5.92. The molecule has 1 aliphatic carbocycles. The predicted molar refractivity (Wildman–Crippen MR) is 65.7 cm³/mol. The van der Waals surface area contributed by atoms with Crippen LogP contribution in [0.1, 0.15) is 29.8 Å². The fraction of sp³-hybridized carbons (Fsp3) is 0.545. The van der Waals surface area contributed by atoms with Gasteiger partial charge in [0.15, 0.2) is 5.82 Å². The minimum atomic E-state index is -0.236. The standard InChI is InChI=1S/C11H17N5O2/c1-18-9-4-2-3-7(9)15-11(17)8-5-14-10(16-12)6-13-8/h5-7,9H,2-4,12H2,1H3,(H,14,16)(H,15,17). The van der Waals surface area contributed by atoms with E-state index in [1.54, 1.807) is 7.11 Å². The van der Waals surface area contributed by atoms with E-state index in [0.29, 0.717) is 5.82 Å². The van der Waals surface area contributed by atoms with Crippen molar-refractivity contribution in [2.24, 2.45) is 5.84 Å². The number of nitrogen functional groups attached to an aromatic ring is 1. The van der Waals surface area contributed by atoms with Crippen LogP contribution in [0, 0.1) is 0 Å². The van der Waals surface area contributed by atoms with Gasteiger partial charge in [-0.2, -0.15) is 0 Å². The SMILES string of the molecule is COC1CCCC1NC(=O)c1cnc(NN)cn1. The summed E-state index contributed by atoms with van der Waals surface area (Å²) >= 11 is 0. The summed E-state index contributed by atoms with van der Waals surface area (Å²) in [6, 6.07) is 0.0524. The Bertz CT molecular complexity index is 408. The molecule has 1 saturated carbocycles. The lowest BCUT2D eigenvalue weighted by Crippen LogP contribution is -2.41. The van der Waals surface area contributed by atoms with Crippen molar-refractivity contribution in [1.82, 2.24) is 15.3 Å². The van der Waals surface area contributed by atoms with Crippen molar-refractivity contribution in [2.75, 3.05) is 12.5 Å². The number of methoxy groups -OCH3 is 1. The molecule has 7 heteroatoms. The number of hydrazine groups is 1. The molecule has 0 aromatic carbocycles. The van der Waals surface area contributed by atoms with E-state index in [2.05, 4.69) is 20.7 Å². The Morgan fingerprint density at radius 3 is 2.89 bits per heavy atom. The molecule has 1 aromatic heterocycles. The van der Waals surface area contributed by atoms with Crippen LogP contribution < -0.4 is 16.6 Å². The van der Waals surface area contributed by atoms with E-state index in [-0.39, 0.29) is 23.7 Å². The number of carbonyl (C=O) groups excluding carboxylic acids is 1. The van der Waals surface area contributed by atoms with Crippen LogP contribution in [-0.4, -0.2) is 35.1 Å². The van der Waals surface area contributed by atoms with E-state index in [1.165, 1.54) is 12.4 Å². The van der Waals surface area contributed by atoms with Gasteiger partial charge >= 0.3 is 0 Å². The average Bonchev–Trinajstić information content (AvgIpc) is 2.86. The fourth-order valence-corrected chi connectivity index (χ4v) is 2.14. The number of carbonyl (C=O) groups is 1. The molecular weight excluding hydrogens is 234 g/mol. The zero-order valence-corrected chi connectivity index (χ0v) is 10.2. The maximum absolute atomic E-state index is 11.9. The summed E-state index contributed by atoms with van der Waals surface area (Å²) in [5, 5.41) is 2.92. The first-order valence-corrected chi connectivity index (χ1v) is 5.87. The van der Waals surface area contributed by atoms with Crippen molar-refractivity contribution in [3.05, 3.63) is 18.1 Å². The van der Waals surface area contributed by atoms with E-state index in [1.807, 2.05) is 0 Å². The number of anilines is 1. The number of nitrogens with two attached hydrogens (primary N) is 1. The van der Waals surface area contributed by atoms with Gasteiger partial charge < -0.3 is 15.5 Å². The van der Waals surface area contributed by atoms with Crippen LogP contribution >= 0.6 is 0 Å². The van der Waals surface area contributed by atoms with Gasteiger partial charge in [0.1, 0.15) is 5.69 Å². The van der Waals surface area contributed by atoms with E-state index in [0.717, 1.165) is 19.3 Å². The maximum atomic E-state index is 11.9. The van der Waals surface area contributed by atoms with Gasteiger partial charge in [-0.15, -0.1) is 0 Å². The number of nitrogens with zero attached hydrogens (tertiary/aromatic N) is 2. The molecule has 0 bridgehead atoms. The lowest BCUT2D eigenvalue weighted by molar-refractivity contribution is 0.0719. The van der Waals surface area contributed by atoms with E-state index in [4.69, 9.17) is 10.6 Å². The second kappa shape index (κ2) is 5.74. The zero-order chi connectivity index (χ0) is 13.0. The monoisotopic (exact) mass is 251 g/mol. The maximum Gasteiger partial charge on any atom is 0.271 e. The van der Waals surface area contributed by atoms with Gasteiger partial charge in [-0.3, -0.25) is 4.79 Å². The minimum absolute atomic E-state index is 0.0524. The summed E-state index contributed by atoms with van der Waals surface area (Å²) in [6.07, 6.45) is 5.86. The molecule has 4 N–H and O–H groups in total. The summed E-state index contributed by atoms with van der Waals surface area (Å²) in [6.45, 7) is 0. The Balaban J connectivity index is 1.98. The van der Waals surface area contributed by atoms with Crippen LogP contribution in [0.2, 0.25) is 0 Å². The highest BCUT2D eigenvalue weighted by atomic mass is 16.5. The number of ether oxygens (including phenoxy) is 1. The Kier molecular flexibility index (Phi) is 4.06. The Morgan fingerprint density at radius 1 is 1.44 bits per heavy atom. The van der Waals surface area contributed by atoms with Gasteiger partial charge in [0.25, 0.3) is 5.91 Å². The molecule has 98 valence electrons. The number of rotatable bonds is 4. The van der Waals surface area contributed by atoms with Gasteiger partial charge in [-0.1, -0.05) is 0 Å². The molecule has 1 amide bonds. The Labute approximate surface area is 105 Å². The van der Waals surface area contributed by atoms with E-state index >= 15 is 0 Å². The lowest BCUT2D eigenvalue weighted by atomic mass is 10.2. The molecule has 0 saturated heterocycles. The lowest BCUT2D eigenvalue weighted by Gasteiger charge is -2.19. The van der Waals surface area contributed by atoms with Crippen molar-refractivity contribution in [2.45, 2.75) is 31.4 Å². The first-order chi connectivity index (χ1) is 8.74. The van der Waals surface area contributed by atoms with Crippen molar-refractivity contribution in [1.29, 1.82) is 0 Å². The second-order valence-electron chi connectivity index (χ2n) is 4.22. The fourth-order valence-electron chi connectivity index (χ4n) is 2.14. The minimum Gasteiger partial charge on any atom is -0.379 e. The quantitative estimate of drug-likeness (QED) is 0.516. The third kappa shape index (κ3) is 2.74. The Hall–Kier alpha value is -1.73. The number of hydrogen-bond acceptors (Lipinski definition) is 6. The molecule has 2 unspecified atom stereocenters. The molecule has 0 radical (unpaired) electrons. The Morgan fingerprint density at radius 2 is 2.28 bits per heavy atom. The van der Waals surface area contributed by atoms with Crippen molar-refractivity contribution in [3.63, 3.8) is 0 Å². The largest absolute Gasteiger partial charge is 0.379 e. The van der Waals surface area contributed by atoms with Gasteiger partial charge in [-0.25, -0.2) is 15.8 Å². The first-order valence-electron chi connectivity index (χ1n) is 5.87. The predicted octanol–water partition coefficient (Wildman–Crippen LogP) is 0.0595. The van der Waals surface area contributed by atoms with Gasteiger partial charge in [0.2, 0.25) is 0 Å². The van der Waals surface area contributed by atoms with Crippen LogP contribution in [0.5, 0.6) is 0 Å². The van der Waals surface area contributed by atoms with Gasteiger partial charge in [-0.05, 0) is 19.3 Å². The molecule has 18 heavy (non-hydrogen) atoms. The average molecular weight is 251 g/mol. The summed E-state index contributed by atoms with van der Waals surface area (Å²) < 4.78 is 5.32. The molecule has 0 spiro atoms. The highest BCUT2D eigenvalue weighted by Gasteiger charge is 2.28. The van der Waals surface area contributed by atoms with Crippen LogP contribution in [0.4, 0.5) is 5.82 Å². The van der Waals surface area contributed by atoms with Crippen LogP contribution in [0.15, 0.2) is 12.4 Å². The van der Waals surface area contributed by atoms with Crippen LogP contribution in [0.25, 0.3) is 0 Å². The van der Waals surface area contributed by atoms with Gasteiger partial charge in [0.05, 0.1) is 24.5 Å². The summed E-state index contributed by atoms with van der Waals surface area (Å²) in [5.74, 6) is 5.36. The van der Waals surface area contributed by atoms with E-state index < -0.39 is 0 Å². The van der Waals surface area contributed by atoms with Gasteiger partial charge in [0, 0.05) is 7.11 Å². The van der Waals surface area contributed by atoms with E-state index in [9.17, 15) is 4.79 Å². The van der Waals surface area contributed by atoms with Crippen molar-refractivity contribution in [3.8, 4) is 0 Å². The molecule has 2 rings (SSSR count).